The summed E-state index contributed by atoms with van der Waals surface area (Å²) >= 11 is 0. The minimum atomic E-state index is -0.0513. The number of amides is 1. The van der Waals surface area contributed by atoms with E-state index in [0.717, 1.165) is 24.3 Å². The molecular weight excluding hydrogens is 324 g/mol. The Hall–Kier alpha value is -2.07. The molecule has 1 saturated heterocycles. The van der Waals surface area contributed by atoms with Crippen LogP contribution in [0.5, 0.6) is 0 Å². The number of nitrogens with zero attached hydrogens (tertiary/aromatic N) is 1. The Balaban J connectivity index is 1.71. The SMILES string of the molecule is Cc1ccc([C@@H](CC(=O)N[C@H]2C[C@H](C)N(C)C[C@@H]2C)c2ccco2)cc1. The Bertz CT molecular complexity index is 708. The van der Waals surface area contributed by atoms with Gasteiger partial charge in [0.15, 0.2) is 0 Å². The van der Waals surface area contributed by atoms with E-state index in [1.165, 1.54) is 5.56 Å². The van der Waals surface area contributed by atoms with Gasteiger partial charge in [0.2, 0.25) is 5.91 Å². The second-order valence-electron chi connectivity index (χ2n) is 7.86. The van der Waals surface area contributed by atoms with Crippen LogP contribution in [-0.4, -0.2) is 36.5 Å². The number of nitrogens with one attached hydrogen (secondary N) is 1. The van der Waals surface area contributed by atoms with Crippen LogP contribution in [0.4, 0.5) is 0 Å². The van der Waals surface area contributed by atoms with Gasteiger partial charge >= 0.3 is 0 Å². The fourth-order valence-corrected chi connectivity index (χ4v) is 3.86. The highest BCUT2D eigenvalue weighted by atomic mass is 16.3. The van der Waals surface area contributed by atoms with E-state index in [1.54, 1.807) is 6.26 Å². The predicted octanol–water partition coefficient (Wildman–Crippen LogP) is 3.95. The van der Waals surface area contributed by atoms with Crippen molar-refractivity contribution in [1.82, 2.24) is 10.2 Å². The lowest BCUT2D eigenvalue weighted by molar-refractivity contribution is -0.123. The fraction of sp³-hybridized carbons (Fsp3) is 0.500. The topological polar surface area (TPSA) is 45.5 Å². The summed E-state index contributed by atoms with van der Waals surface area (Å²) in [5.74, 6) is 1.35. The van der Waals surface area contributed by atoms with Crippen molar-refractivity contribution in [3.05, 3.63) is 59.5 Å². The minimum Gasteiger partial charge on any atom is -0.469 e. The van der Waals surface area contributed by atoms with Gasteiger partial charge in [-0.3, -0.25) is 4.79 Å². The molecule has 1 N–H and O–H groups in total. The smallest absolute Gasteiger partial charge is 0.221 e. The number of carbonyl (C=O) groups is 1. The molecule has 1 fully saturated rings. The zero-order valence-corrected chi connectivity index (χ0v) is 16.2. The third kappa shape index (κ3) is 4.36. The predicted molar refractivity (Wildman–Crippen MR) is 104 cm³/mol. The first-order valence-corrected chi connectivity index (χ1v) is 9.53. The van der Waals surface area contributed by atoms with Crippen LogP contribution < -0.4 is 5.32 Å². The number of furan rings is 1. The summed E-state index contributed by atoms with van der Waals surface area (Å²) in [5, 5.41) is 3.29. The molecule has 0 saturated carbocycles. The standard InChI is InChI=1S/C22H30N2O2/c1-15-7-9-18(10-8-15)19(21-6-5-11-26-21)13-22(25)23-20-12-17(3)24(4)14-16(20)2/h5-11,16-17,19-20H,12-14H2,1-4H3,(H,23,25)/t16-,17-,19+,20-/m0/s1. The third-order valence-corrected chi connectivity index (χ3v) is 5.71. The van der Waals surface area contributed by atoms with Crippen molar-refractivity contribution in [3.63, 3.8) is 0 Å². The molecule has 1 aromatic carbocycles. The molecular formula is C22H30N2O2. The Morgan fingerprint density at radius 1 is 1.27 bits per heavy atom. The van der Waals surface area contributed by atoms with E-state index in [1.807, 2.05) is 12.1 Å². The number of carbonyl (C=O) groups excluding carboxylic acids is 1. The first-order chi connectivity index (χ1) is 12.4. The van der Waals surface area contributed by atoms with Gasteiger partial charge in [-0.2, -0.15) is 0 Å². The molecule has 1 aromatic heterocycles. The van der Waals surface area contributed by atoms with Crippen molar-refractivity contribution in [2.75, 3.05) is 13.6 Å². The first kappa shape index (κ1) is 18.7. The number of rotatable bonds is 5. The van der Waals surface area contributed by atoms with Crippen LogP contribution in [0.3, 0.4) is 0 Å². The first-order valence-electron chi connectivity index (χ1n) is 9.53. The highest BCUT2D eigenvalue weighted by molar-refractivity contribution is 5.77. The highest BCUT2D eigenvalue weighted by Gasteiger charge is 2.31. The van der Waals surface area contributed by atoms with E-state index >= 15 is 0 Å². The van der Waals surface area contributed by atoms with Crippen molar-refractivity contribution < 1.29 is 9.21 Å². The van der Waals surface area contributed by atoms with Gasteiger partial charge < -0.3 is 14.6 Å². The van der Waals surface area contributed by atoms with Gasteiger partial charge in [0.1, 0.15) is 5.76 Å². The van der Waals surface area contributed by atoms with Crippen LogP contribution in [0.2, 0.25) is 0 Å². The van der Waals surface area contributed by atoms with Gasteiger partial charge in [0.05, 0.1) is 12.2 Å². The third-order valence-electron chi connectivity index (χ3n) is 5.71. The van der Waals surface area contributed by atoms with Crippen molar-refractivity contribution in [1.29, 1.82) is 0 Å². The van der Waals surface area contributed by atoms with Crippen LogP contribution >= 0.6 is 0 Å². The van der Waals surface area contributed by atoms with Crippen molar-refractivity contribution >= 4 is 5.91 Å². The molecule has 0 aliphatic carbocycles. The van der Waals surface area contributed by atoms with Gasteiger partial charge in [-0.05, 0) is 50.9 Å². The van der Waals surface area contributed by atoms with E-state index in [0.29, 0.717) is 18.4 Å². The largest absolute Gasteiger partial charge is 0.469 e. The second-order valence-corrected chi connectivity index (χ2v) is 7.86. The van der Waals surface area contributed by atoms with Gasteiger partial charge in [-0.15, -0.1) is 0 Å². The average molecular weight is 354 g/mol. The summed E-state index contributed by atoms with van der Waals surface area (Å²) < 4.78 is 5.64. The van der Waals surface area contributed by atoms with Crippen molar-refractivity contribution in [2.24, 2.45) is 5.92 Å². The summed E-state index contributed by atoms with van der Waals surface area (Å²) in [6.45, 7) is 7.53. The van der Waals surface area contributed by atoms with Crippen LogP contribution in [0.25, 0.3) is 0 Å². The number of piperidine rings is 1. The number of benzene rings is 1. The lowest BCUT2D eigenvalue weighted by Gasteiger charge is -2.40. The molecule has 1 aliphatic heterocycles. The van der Waals surface area contributed by atoms with Crippen molar-refractivity contribution in [3.8, 4) is 0 Å². The number of hydrogen-bond acceptors (Lipinski definition) is 3. The summed E-state index contributed by atoms with van der Waals surface area (Å²) in [6.07, 6.45) is 3.08. The molecule has 0 spiro atoms. The molecule has 2 aromatic rings. The molecule has 4 atom stereocenters. The summed E-state index contributed by atoms with van der Waals surface area (Å²) in [4.78, 5) is 15.2. The quantitative estimate of drug-likeness (QED) is 0.884. The van der Waals surface area contributed by atoms with Gasteiger partial charge in [0.25, 0.3) is 0 Å². The Morgan fingerprint density at radius 2 is 2.00 bits per heavy atom. The second kappa shape index (κ2) is 8.09. The van der Waals surface area contributed by atoms with E-state index in [2.05, 4.69) is 62.3 Å². The summed E-state index contributed by atoms with van der Waals surface area (Å²) in [7, 11) is 2.16. The molecule has 2 heterocycles. The Kier molecular flexibility index (Phi) is 5.82. The molecule has 3 rings (SSSR count). The molecule has 1 aliphatic rings. The summed E-state index contributed by atoms with van der Waals surface area (Å²) in [5.41, 5.74) is 2.33. The van der Waals surface area contributed by atoms with Gasteiger partial charge in [0, 0.05) is 25.0 Å². The van der Waals surface area contributed by atoms with Gasteiger partial charge in [-0.1, -0.05) is 36.8 Å². The van der Waals surface area contributed by atoms with Crippen LogP contribution in [0, 0.1) is 12.8 Å². The van der Waals surface area contributed by atoms with Crippen LogP contribution in [-0.2, 0) is 4.79 Å². The fourth-order valence-electron chi connectivity index (χ4n) is 3.86. The lowest BCUT2D eigenvalue weighted by Crippen LogP contribution is -2.52. The Labute approximate surface area is 156 Å². The maximum atomic E-state index is 12.8. The molecule has 26 heavy (non-hydrogen) atoms. The zero-order chi connectivity index (χ0) is 18.7. The number of hydrogen-bond donors (Lipinski definition) is 1. The van der Waals surface area contributed by atoms with E-state index < -0.39 is 0 Å². The zero-order valence-electron chi connectivity index (χ0n) is 16.2. The van der Waals surface area contributed by atoms with Gasteiger partial charge in [-0.25, -0.2) is 0 Å². The van der Waals surface area contributed by atoms with E-state index in [-0.39, 0.29) is 17.9 Å². The maximum Gasteiger partial charge on any atom is 0.221 e. The molecule has 0 radical (unpaired) electrons. The molecule has 4 heteroatoms. The monoisotopic (exact) mass is 354 g/mol. The number of likely N-dealkylation sites (tertiary alicyclic amines) is 1. The molecule has 1 amide bonds. The molecule has 0 bridgehead atoms. The molecule has 4 nitrogen and oxygen atoms in total. The molecule has 140 valence electrons. The maximum absolute atomic E-state index is 12.8. The lowest BCUT2D eigenvalue weighted by atomic mass is 9.88. The van der Waals surface area contributed by atoms with E-state index in [4.69, 9.17) is 4.42 Å². The Morgan fingerprint density at radius 3 is 2.65 bits per heavy atom. The van der Waals surface area contributed by atoms with Crippen LogP contribution in [0.1, 0.15) is 49.5 Å². The highest BCUT2D eigenvalue weighted by Crippen LogP contribution is 2.29. The van der Waals surface area contributed by atoms with Crippen LogP contribution in [0.15, 0.2) is 47.1 Å². The minimum absolute atomic E-state index is 0.0513. The molecule has 0 unspecified atom stereocenters. The average Bonchev–Trinajstić information content (AvgIpc) is 3.13. The van der Waals surface area contributed by atoms with Crippen molar-refractivity contribution in [2.45, 2.75) is 51.6 Å². The summed E-state index contributed by atoms with van der Waals surface area (Å²) in [6, 6.07) is 12.9. The number of aryl methyl sites for hydroxylation is 1. The normalized spacial score (nSPS) is 25.0. The van der Waals surface area contributed by atoms with E-state index in [9.17, 15) is 4.79 Å².